The van der Waals surface area contributed by atoms with Gasteiger partial charge in [0.05, 0.1) is 16.7 Å². The number of rotatable bonds is 17. The van der Waals surface area contributed by atoms with Gasteiger partial charge in [-0.05, 0) is 95.0 Å². The molecular weight excluding hydrogens is 456 g/mol. The van der Waals surface area contributed by atoms with Gasteiger partial charge in [-0.15, -0.1) is 0 Å². The highest BCUT2D eigenvalue weighted by Gasteiger charge is 2.23. The number of carbonyl (C=O) groups is 1. The van der Waals surface area contributed by atoms with E-state index < -0.39 is 26.4 Å². The average Bonchev–Trinajstić information content (AvgIpc) is 3.61. The predicted octanol–water partition coefficient (Wildman–Crippen LogP) is 8.74. The van der Waals surface area contributed by atoms with Gasteiger partial charge in [-0.1, -0.05) is 63.3 Å². The Kier molecular flexibility index (Phi) is 8.78. The lowest BCUT2D eigenvalue weighted by molar-refractivity contribution is 0.0904. The molecule has 1 atom stereocenters. The van der Waals surface area contributed by atoms with Gasteiger partial charge in [-0.25, -0.2) is 0 Å². The predicted molar refractivity (Wildman–Crippen MR) is 158 cm³/mol. The maximum atomic E-state index is 13.4. The van der Waals surface area contributed by atoms with Crippen LogP contribution in [0.1, 0.15) is 118 Å². The SMILES string of the molecule is [2H]C([2H])([2H])Oc1ccc2c(c1)c(C([2H])([2H])[C@H]1CCCN1C([2H])([2H])[2H])cn2C(=O)CCCCCCC/C=C\C/C=C\CCCCC. The molecule has 3 rings (SSSR count). The number of methoxy groups -OCH3 is 1. The van der Waals surface area contributed by atoms with Crippen LogP contribution in [0.2, 0.25) is 0 Å². The second-order valence-corrected chi connectivity index (χ2v) is 10.1. The Morgan fingerprint density at radius 2 is 1.86 bits per heavy atom. The summed E-state index contributed by atoms with van der Waals surface area (Å²) in [6.07, 6.45) is 21.3. The average molecular weight is 515 g/mol. The third-order valence-corrected chi connectivity index (χ3v) is 7.08. The summed E-state index contributed by atoms with van der Waals surface area (Å²) in [4.78, 5) is 14.6. The smallest absolute Gasteiger partial charge is 0.231 e. The van der Waals surface area contributed by atoms with E-state index in [2.05, 4.69) is 31.2 Å². The number of nitrogens with zero attached hydrogens (tertiary/aromatic N) is 2. The summed E-state index contributed by atoms with van der Waals surface area (Å²) in [6.45, 7) is 0.00548. The molecule has 4 nitrogen and oxygen atoms in total. The Labute approximate surface area is 237 Å². The van der Waals surface area contributed by atoms with Crippen LogP contribution >= 0.6 is 0 Å². The van der Waals surface area contributed by atoms with Gasteiger partial charge in [-0.3, -0.25) is 9.36 Å². The number of aromatic nitrogens is 1. The van der Waals surface area contributed by atoms with Crippen LogP contribution in [-0.4, -0.2) is 42.0 Å². The summed E-state index contributed by atoms with van der Waals surface area (Å²) < 4.78 is 70.8. The van der Waals surface area contributed by atoms with Gasteiger partial charge in [0.15, 0.2) is 0 Å². The molecule has 2 heterocycles. The van der Waals surface area contributed by atoms with Crippen LogP contribution in [0.4, 0.5) is 0 Å². The van der Waals surface area contributed by atoms with Gasteiger partial charge in [-0.2, -0.15) is 0 Å². The molecule has 1 aliphatic heterocycles. The van der Waals surface area contributed by atoms with Crippen molar-refractivity contribution in [2.45, 2.75) is 109 Å². The molecule has 0 spiro atoms. The van der Waals surface area contributed by atoms with Crippen LogP contribution in [-0.2, 0) is 6.37 Å². The van der Waals surface area contributed by atoms with Crippen molar-refractivity contribution in [2.24, 2.45) is 0 Å². The first-order chi connectivity index (χ1) is 21.3. The molecule has 0 aliphatic carbocycles. The zero-order chi connectivity index (χ0) is 33.1. The Balaban J connectivity index is 1.61. The van der Waals surface area contributed by atoms with Crippen molar-refractivity contribution in [2.75, 3.05) is 20.6 Å². The fourth-order valence-electron chi connectivity index (χ4n) is 4.90. The molecule has 2 aromatic rings. The van der Waals surface area contributed by atoms with Crippen molar-refractivity contribution < 1.29 is 20.5 Å². The van der Waals surface area contributed by atoms with E-state index in [1.807, 2.05) is 0 Å². The van der Waals surface area contributed by atoms with Gasteiger partial charge in [0.1, 0.15) is 5.75 Å². The summed E-state index contributed by atoms with van der Waals surface area (Å²) in [6, 6.07) is 3.54. The number of allylic oxidation sites excluding steroid dienone is 4. The lowest BCUT2D eigenvalue weighted by atomic mass is 10.0. The third kappa shape index (κ3) is 9.48. The Hall–Kier alpha value is -2.33. The number of fused-ring (bicyclic) bond motifs is 1. The zero-order valence-corrected chi connectivity index (χ0v) is 22.5. The molecule has 1 fully saturated rings. The summed E-state index contributed by atoms with van der Waals surface area (Å²) in [5, 5.41) is 0.340. The number of benzene rings is 1. The van der Waals surface area contributed by atoms with Crippen LogP contribution in [0.15, 0.2) is 48.7 Å². The van der Waals surface area contributed by atoms with Crippen molar-refractivity contribution in [1.82, 2.24) is 9.47 Å². The molecule has 0 saturated carbocycles. The van der Waals surface area contributed by atoms with E-state index in [-0.39, 0.29) is 30.2 Å². The second-order valence-electron chi connectivity index (χ2n) is 10.1. The van der Waals surface area contributed by atoms with Crippen molar-refractivity contribution in [3.63, 3.8) is 0 Å². The standard InChI is InChI=1S/C33H50N2O2/c1-4-5-6-7-8-9-10-11-12-13-14-15-16-17-18-21-33(36)35-27-28(25-29-20-19-24-34(29)2)31-26-30(37-3)22-23-32(31)35/h8-9,11-12,22-23,26-27,29H,4-7,10,13-21,24-25H2,1-3H3/b9-8-,12-11-/t29-/m1/s1/i2D3,3D3,25D2. The van der Waals surface area contributed by atoms with E-state index in [1.165, 1.54) is 47.1 Å². The summed E-state index contributed by atoms with van der Waals surface area (Å²) in [5.74, 6) is -0.158. The molecule has 204 valence electrons. The molecule has 0 unspecified atom stereocenters. The molecule has 0 amide bonds. The van der Waals surface area contributed by atoms with Crippen molar-refractivity contribution in [1.29, 1.82) is 0 Å². The topological polar surface area (TPSA) is 34.5 Å². The zero-order valence-electron chi connectivity index (χ0n) is 30.5. The molecule has 1 aliphatic rings. The maximum absolute atomic E-state index is 13.4. The Morgan fingerprint density at radius 1 is 1.08 bits per heavy atom. The van der Waals surface area contributed by atoms with Crippen LogP contribution in [0, 0.1) is 0 Å². The quantitative estimate of drug-likeness (QED) is 0.156. The van der Waals surface area contributed by atoms with E-state index in [0.717, 1.165) is 44.9 Å². The van der Waals surface area contributed by atoms with E-state index >= 15 is 0 Å². The normalized spacial score (nSPS) is 20.8. The number of likely N-dealkylation sites (N-methyl/N-ethyl adjacent to an activating group) is 1. The first-order valence-electron chi connectivity index (χ1n) is 18.2. The molecule has 37 heavy (non-hydrogen) atoms. The molecule has 1 saturated heterocycles. The molecule has 0 bridgehead atoms. The fourth-order valence-corrected chi connectivity index (χ4v) is 4.90. The summed E-state index contributed by atoms with van der Waals surface area (Å²) in [7, 11) is -2.70. The first kappa shape index (κ1) is 19.7. The van der Waals surface area contributed by atoms with Crippen molar-refractivity contribution in [3.05, 3.63) is 54.3 Å². The molecule has 0 N–H and O–H groups in total. The number of hydrogen-bond acceptors (Lipinski definition) is 3. The summed E-state index contributed by atoms with van der Waals surface area (Å²) in [5.41, 5.74) is 0.598. The Morgan fingerprint density at radius 3 is 2.65 bits per heavy atom. The van der Waals surface area contributed by atoms with Crippen molar-refractivity contribution >= 4 is 16.8 Å². The fraction of sp³-hybridized carbons (Fsp3) is 0.606. The van der Waals surface area contributed by atoms with E-state index in [9.17, 15) is 4.79 Å². The van der Waals surface area contributed by atoms with Crippen LogP contribution < -0.4 is 4.74 Å². The van der Waals surface area contributed by atoms with Crippen LogP contribution in [0.25, 0.3) is 10.9 Å². The summed E-state index contributed by atoms with van der Waals surface area (Å²) >= 11 is 0. The number of ether oxygens (including phenoxy) is 1. The van der Waals surface area contributed by atoms with Crippen LogP contribution in [0.3, 0.4) is 0 Å². The largest absolute Gasteiger partial charge is 0.497 e. The maximum Gasteiger partial charge on any atom is 0.231 e. The van der Waals surface area contributed by atoms with Gasteiger partial charge in [0, 0.05) is 30.9 Å². The lowest BCUT2D eigenvalue weighted by Gasteiger charge is -2.18. The first-order valence-corrected chi connectivity index (χ1v) is 14.2. The highest BCUT2D eigenvalue weighted by atomic mass is 16.5. The minimum atomic E-state index is -2.70. The molecule has 4 heteroatoms. The molecular formula is C33H50N2O2. The lowest BCUT2D eigenvalue weighted by Crippen LogP contribution is -2.26. The minimum absolute atomic E-state index is 0.0255. The molecule has 1 aromatic heterocycles. The van der Waals surface area contributed by atoms with Gasteiger partial charge in [0.25, 0.3) is 0 Å². The highest BCUT2D eigenvalue weighted by molar-refractivity contribution is 5.95. The monoisotopic (exact) mass is 514 g/mol. The Bertz CT molecular complexity index is 1280. The number of hydrogen-bond donors (Lipinski definition) is 0. The minimum Gasteiger partial charge on any atom is -0.497 e. The van der Waals surface area contributed by atoms with Crippen molar-refractivity contribution in [3.8, 4) is 5.75 Å². The van der Waals surface area contributed by atoms with Gasteiger partial charge < -0.3 is 9.64 Å². The molecule has 1 aromatic carbocycles. The van der Waals surface area contributed by atoms with E-state index in [1.54, 1.807) is 6.07 Å². The molecule has 0 radical (unpaired) electrons. The second kappa shape index (κ2) is 16.5. The van der Waals surface area contributed by atoms with Gasteiger partial charge >= 0.3 is 0 Å². The number of unbranched alkanes of at least 4 members (excludes halogenated alkanes) is 8. The van der Waals surface area contributed by atoms with Gasteiger partial charge in [0.2, 0.25) is 5.91 Å². The highest BCUT2D eigenvalue weighted by Crippen LogP contribution is 2.30. The number of carbonyl (C=O) groups excluding carboxylic acids is 1. The third-order valence-electron chi connectivity index (χ3n) is 7.08. The van der Waals surface area contributed by atoms with E-state index in [0.29, 0.717) is 30.2 Å². The van der Waals surface area contributed by atoms with Crippen LogP contribution in [0.5, 0.6) is 5.75 Å². The number of likely N-dealkylation sites (tertiary alicyclic amines) is 1. The van der Waals surface area contributed by atoms with E-state index in [4.69, 9.17) is 15.7 Å².